The summed E-state index contributed by atoms with van der Waals surface area (Å²) >= 11 is 1.38. The van der Waals surface area contributed by atoms with E-state index in [1.165, 1.54) is 16.5 Å². The minimum absolute atomic E-state index is 0.583. The molecular formula is AlN3O8. The topological polar surface area (TPSA) is 176 Å². The third-order valence-corrected chi connectivity index (χ3v) is 0. The van der Waals surface area contributed by atoms with Crippen LogP contribution in [0.4, 0.5) is 0 Å². The van der Waals surface area contributed by atoms with Gasteiger partial charge in [0.1, 0.15) is 0 Å². The third-order valence-electron chi connectivity index (χ3n) is 0. The molecule has 0 amide bonds. The first-order chi connectivity index (χ1) is 5.20. The fourth-order valence-corrected chi connectivity index (χ4v) is 0. The Hall–Kier alpha value is -1.67. The van der Waals surface area contributed by atoms with Crippen molar-refractivity contribution in [1.29, 1.82) is 0 Å². The Morgan fingerprint density at radius 2 is 0.750 bits per heavy atom. The van der Waals surface area contributed by atoms with E-state index in [0.29, 0.717) is 0 Å². The molecule has 0 aliphatic heterocycles. The Morgan fingerprint density at radius 1 is 0.750 bits per heavy atom. The largest absolute Gasteiger partial charge is 0.356 e. The Labute approximate surface area is 72.2 Å². The molecule has 0 spiro atoms. The molecule has 12 heteroatoms. The van der Waals surface area contributed by atoms with E-state index < -0.39 is 14.1 Å². The van der Waals surface area contributed by atoms with Crippen molar-refractivity contribution < 1.29 is 14.1 Å². The summed E-state index contributed by atoms with van der Waals surface area (Å²) < 4.78 is -0.583. The third kappa shape index (κ3) is 161. The Bertz CT molecular complexity index is 112. The van der Waals surface area contributed by atoms with Gasteiger partial charge in [0.25, 0.3) is 0 Å². The summed E-state index contributed by atoms with van der Waals surface area (Å²) in [6.07, 6.45) is 0. The van der Waals surface area contributed by atoms with Gasteiger partial charge in [0, 0.05) is 0 Å². The van der Waals surface area contributed by atoms with Gasteiger partial charge in [0.05, 0.1) is 10.2 Å². The first-order valence-electron chi connectivity index (χ1n) is 1.72. The minimum Gasteiger partial charge on any atom is -0.356 e. The fourth-order valence-electron chi connectivity index (χ4n) is 0. The van der Waals surface area contributed by atoms with Crippen molar-refractivity contribution in [2.24, 2.45) is 0 Å². The second-order valence-electron chi connectivity index (χ2n) is 0.733. The summed E-state index contributed by atoms with van der Waals surface area (Å²) in [6.45, 7) is 0. The van der Waals surface area contributed by atoms with Gasteiger partial charge in [0.2, 0.25) is 0 Å². The van der Waals surface area contributed by atoms with E-state index in [4.69, 9.17) is 40.8 Å². The van der Waals surface area contributed by atoms with Crippen LogP contribution >= 0.6 is 0 Å². The second kappa shape index (κ2) is 12.1. The van der Waals surface area contributed by atoms with Gasteiger partial charge >= 0.3 is 30.5 Å². The van der Waals surface area contributed by atoms with Gasteiger partial charge < -0.3 is 30.6 Å². The maximum atomic E-state index is 8.77. The zero-order valence-electron chi connectivity index (χ0n) is 5.18. The van der Waals surface area contributed by atoms with Crippen molar-refractivity contribution in [2.75, 3.05) is 0 Å². The van der Waals surface area contributed by atoms with E-state index in [0.717, 1.165) is 0 Å². The number of nitro groups is 1. The molecule has 12 heavy (non-hydrogen) atoms. The molecule has 0 fully saturated rings. The molecular weight excluding hydrogens is 197 g/mol. The normalized spacial score (nSPS) is 6.17. The van der Waals surface area contributed by atoms with Gasteiger partial charge in [0.15, 0.2) is 0 Å². The SMILES string of the molecule is O=[N+]([O-])[Al+2].O=[N+]([O-])[O-].O=[N+]([O-])[O-]. The van der Waals surface area contributed by atoms with Gasteiger partial charge in [-0.15, -0.1) is 0 Å². The Balaban J connectivity index is -0.000000101. The molecule has 0 N–H and O–H groups in total. The van der Waals surface area contributed by atoms with Crippen LogP contribution in [-0.4, -0.2) is 30.6 Å². The van der Waals surface area contributed by atoms with E-state index in [1.807, 2.05) is 0 Å². The van der Waals surface area contributed by atoms with Crippen molar-refractivity contribution in [3.63, 3.8) is 0 Å². The van der Waals surface area contributed by atoms with Crippen molar-refractivity contribution in [2.45, 2.75) is 0 Å². The number of nitrogens with zero attached hydrogens (tertiary/aromatic N) is 3. The molecule has 0 bridgehead atoms. The predicted molar refractivity (Wildman–Crippen MR) is 33.5 cm³/mol. The average molecular weight is 197 g/mol. The molecule has 0 atom stereocenters. The van der Waals surface area contributed by atoms with Crippen molar-refractivity contribution in [3.05, 3.63) is 40.8 Å². The average Bonchev–Trinajstić information content (AvgIpc) is 1.54. The van der Waals surface area contributed by atoms with Crippen LogP contribution in [0.15, 0.2) is 0 Å². The Kier molecular flexibility index (Phi) is 16.8. The molecule has 66 valence electrons. The molecule has 0 unspecified atom stereocenters. The molecule has 0 rings (SSSR count). The van der Waals surface area contributed by atoms with Crippen molar-refractivity contribution in [3.8, 4) is 0 Å². The zero-order chi connectivity index (χ0) is 10.7. The molecule has 0 saturated heterocycles. The van der Waals surface area contributed by atoms with Crippen LogP contribution in [-0.2, 0) is 0 Å². The van der Waals surface area contributed by atoms with Crippen LogP contribution < -0.4 is 0 Å². The standard InChI is InChI=1S/Al.2NO3.NO2/c;2*2-1(3)4;2-1-3/q+2;2*-1;. The van der Waals surface area contributed by atoms with Crippen LogP contribution in [0.2, 0.25) is 0 Å². The minimum atomic E-state index is -1.75. The van der Waals surface area contributed by atoms with Gasteiger partial charge in [-0.3, -0.25) is 0 Å². The number of hydrogen-bond acceptors (Lipinski definition) is 8. The van der Waals surface area contributed by atoms with E-state index in [-0.39, 0.29) is 0 Å². The van der Waals surface area contributed by atoms with E-state index >= 15 is 0 Å². The molecule has 0 radical (unpaired) electrons. The van der Waals surface area contributed by atoms with Crippen LogP contribution in [0.1, 0.15) is 0 Å². The van der Waals surface area contributed by atoms with Gasteiger partial charge in [-0.1, -0.05) is 0 Å². The fraction of sp³-hybridized carbons (Fsp3) is 0. The van der Waals surface area contributed by atoms with Crippen LogP contribution in [0.3, 0.4) is 0 Å². The number of rotatable bonds is 0. The van der Waals surface area contributed by atoms with Crippen LogP contribution in [0.5, 0.6) is 0 Å². The van der Waals surface area contributed by atoms with Crippen molar-refractivity contribution >= 4 is 16.5 Å². The first kappa shape index (κ1) is 16.7. The summed E-state index contributed by atoms with van der Waals surface area (Å²) in [5.74, 6) is 0. The van der Waals surface area contributed by atoms with E-state index in [1.54, 1.807) is 0 Å². The molecule has 0 aromatic carbocycles. The molecule has 0 aromatic heterocycles. The van der Waals surface area contributed by atoms with Gasteiger partial charge in [-0.25, -0.2) is 0 Å². The Morgan fingerprint density at radius 3 is 0.750 bits per heavy atom. The quantitative estimate of drug-likeness (QED) is 0.266. The molecule has 0 heterocycles. The summed E-state index contributed by atoms with van der Waals surface area (Å²) in [5.41, 5.74) is 0. The maximum absolute atomic E-state index is 8.77. The summed E-state index contributed by atoms with van der Waals surface area (Å²) in [6, 6.07) is 0. The molecule has 11 nitrogen and oxygen atoms in total. The predicted octanol–water partition coefficient (Wildman–Crippen LogP) is -1.13. The maximum Gasteiger partial charge on any atom is 0.0689 e. The molecule has 0 aliphatic carbocycles. The smallest absolute Gasteiger partial charge is 0.0689 e. The molecule has 0 saturated carbocycles. The summed E-state index contributed by atoms with van der Waals surface area (Å²) in [7, 11) is 0. The van der Waals surface area contributed by atoms with Crippen LogP contribution in [0.25, 0.3) is 0 Å². The second-order valence-corrected chi connectivity index (χ2v) is 1.15. The van der Waals surface area contributed by atoms with Crippen molar-refractivity contribution in [1.82, 2.24) is 0 Å². The van der Waals surface area contributed by atoms with Gasteiger partial charge in [-0.2, -0.15) is 0 Å². The molecule has 0 aliphatic rings. The van der Waals surface area contributed by atoms with E-state index in [2.05, 4.69) is 0 Å². The number of hydrogen-bond donors (Lipinski definition) is 0. The zero-order valence-corrected chi connectivity index (χ0v) is 6.34. The summed E-state index contributed by atoms with van der Waals surface area (Å²) in [4.78, 5) is 25.3. The van der Waals surface area contributed by atoms with Gasteiger partial charge in [-0.05, 0) is 0 Å². The molecule has 0 aromatic rings. The van der Waals surface area contributed by atoms with Crippen LogP contribution in [0, 0.1) is 40.8 Å². The summed E-state index contributed by atoms with van der Waals surface area (Å²) in [5, 5.41) is 38.3. The first-order valence-corrected chi connectivity index (χ1v) is 2.24. The van der Waals surface area contributed by atoms with E-state index in [9.17, 15) is 0 Å². The monoisotopic (exact) mass is 197 g/mol.